The molecular weight excluding hydrogens is 334 g/mol. The van der Waals surface area contributed by atoms with Crippen LogP contribution in [0.15, 0.2) is 34.7 Å². The van der Waals surface area contributed by atoms with E-state index in [0.29, 0.717) is 37.6 Å². The molecule has 2 heterocycles. The van der Waals surface area contributed by atoms with Crippen molar-refractivity contribution < 1.29 is 23.8 Å². The van der Waals surface area contributed by atoms with Crippen LogP contribution in [0.2, 0.25) is 0 Å². The molecule has 3 rings (SSSR count). The number of hydrogen-bond acceptors (Lipinski definition) is 4. The number of carbonyl (C=O) groups is 2. The summed E-state index contributed by atoms with van der Waals surface area (Å²) in [5.41, 5.74) is 1.60. The largest absolute Gasteiger partial charge is 0.478 e. The Kier molecular flexibility index (Phi) is 5.13. The number of hydrogen-bond donors (Lipinski definition) is 2. The van der Waals surface area contributed by atoms with Crippen LogP contribution in [0.4, 0.5) is 0 Å². The minimum Gasteiger partial charge on any atom is -0.478 e. The summed E-state index contributed by atoms with van der Waals surface area (Å²) >= 11 is 0. The Labute approximate surface area is 152 Å². The minimum absolute atomic E-state index is 0.0874. The van der Waals surface area contributed by atoms with Crippen molar-refractivity contribution in [2.75, 3.05) is 13.2 Å². The molecule has 0 aliphatic carbocycles. The molecule has 1 amide bonds. The molecule has 1 aliphatic rings. The molecule has 0 saturated carbocycles. The third kappa shape index (κ3) is 3.51. The van der Waals surface area contributed by atoms with Crippen LogP contribution in [0.25, 0.3) is 0 Å². The average Bonchev–Trinajstić information content (AvgIpc) is 3.02. The van der Waals surface area contributed by atoms with Crippen molar-refractivity contribution >= 4 is 11.9 Å². The molecule has 0 unspecified atom stereocenters. The summed E-state index contributed by atoms with van der Waals surface area (Å²) in [7, 11) is 0. The highest BCUT2D eigenvalue weighted by Gasteiger charge is 2.41. The number of ether oxygens (including phenoxy) is 1. The topological polar surface area (TPSA) is 88.8 Å². The van der Waals surface area contributed by atoms with E-state index in [9.17, 15) is 9.59 Å². The molecule has 0 atom stereocenters. The molecule has 0 bridgehead atoms. The third-order valence-electron chi connectivity index (χ3n) is 5.01. The summed E-state index contributed by atoms with van der Waals surface area (Å²) < 4.78 is 10.9. The maximum Gasteiger partial charge on any atom is 0.339 e. The zero-order valence-electron chi connectivity index (χ0n) is 15.0. The second kappa shape index (κ2) is 7.33. The van der Waals surface area contributed by atoms with Gasteiger partial charge in [-0.15, -0.1) is 0 Å². The van der Waals surface area contributed by atoms with Crippen molar-refractivity contribution in [3.05, 3.63) is 58.5 Å². The zero-order valence-corrected chi connectivity index (χ0v) is 15.0. The lowest BCUT2D eigenvalue weighted by molar-refractivity contribution is -0.130. The average molecular weight is 357 g/mol. The highest BCUT2D eigenvalue weighted by atomic mass is 16.5. The predicted molar refractivity (Wildman–Crippen MR) is 95.2 cm³/mol. The molecule has 1 aliphatic heterocycles. The number of aryl methyl sites for hydroxylation is 2. The van der Waals surface area contributed by atoms with Crippen LogP contribution in [-0.4, -0.2) is 30.2 Å². The van der Waals surface area contributed by atoms with Crippen molar-refractivity contribution in [2.24, 2.45) is 0 Å². The van der Waals surface area contributed by atoms with Gasteiger partial charge in [-0.05, 0) is 38.3 Å². The molecule has 6 nitrogen and oxygen atoms in total. The lowest BCUT2D eigenvalue weighted by Gasteiger charge is -2.36. The van der Waals surface area contributed by atoms with E-state index >= 15 is 0 Å². The second-order valence-electron chi connectivity index (χ2n) is 6.73. The first-order valence-corrected chi connectivity index (χ1v) is 8.68. The Morgan fingerprint density at radius 3 is 2.38 bits per heavy atom. The Morgan fingerprint density at radius 1 is 1.15 bits per heavy atom. The van der Waals surface area contributed by atoms with Gasteiger partial charge in [0.2, 0.25) is 5.91 Å². The van der Waals surface area contributed by atoms with Crippen molar-refractivity contribution in [1.82, 2.24) is 5.32 Å². The summed E-state index contributed by atoms with van der Waals surface area (Å²) in [6, 6.07) is 9.48. The fraction of sp³-hybridized carbons (Fsp3) is 0.400. The molecule has 2 N–H and O–H groups in total. The zero-order chi connectivity index (χ0) is 18.7. The van der Waals surface area contributed by atoms with Gasteiger partial charge in [0.15, 0.2) is 0 Å². The number of nitrogens with one attached hydrogen (secondary N) is 1. The fourth-order valence-corrected chi connectivity index (χ4v) is 3.42. The van der Waals surface area contributed by atoms with Crippen molar-refractivity contribution in [1.29, 1.82) is 0 Å². The number of furan rings is 1. The standard InChI is InChI=1S/C20H23NO5/c1-13-3-5-15(6-4-13)20(7-9-25-10-8-20)19(24)21-12-16-11-17(18(22)23)14(2)26-16/h3-6,11H,7-10,12H2,1-2H3,(H,21,24)(H,22,23). The first kappa shape index (κ1) is 18.2. The van der Waals surface area contributed by atoms with Gasteiger partial charge in [0.1, 0.15) is 17.1 Å². The van der Waals surface area contributed by atoms with Gasteiger partial charge in [-0.3, -0.25) is 4.79 Å². The van der Waals surface area contributed by atoms with Crippen LogP contribution >= 0.6 is 0 Å². The van der Waals surface area contributed by atoms with Gasteiger partial charge in [-0.1, -0.05) is 29.8 Å². The smallest absolute Gasteiger partial charge is 0.339 e. The maximum atomic E-state index is 13.1. The van der Waals surface area contributed by atoms with Gasteiger partial charge in [0, 0.05) is 13.2 Å². The van der Waals surface area contributed by atoms with Gasteiger partial charge in [0.25, 0.3) is 0 Å². The Hall–Kier alpha value is -2.60. The van der Waals surface area contributed by atoms with Gasteiger partial charge in [-0.25, -0.2) is 4.79 Å². The molecule has 1 fully saturated rings. The number of carboxylic acids is 1. The van der Waals surface area contributed by atoms with E-state index in [2.05, 4.69) is 5.32 Å². The highest BCUT2D eigenvalue weighted by Crippen LogP contribution is 2.35. The van der Waals surface area contributed by atoms with Crippen LogP contribution in [-0.2, 0) is 21.5 Å². The summed E-state index contributed by atoms with van der Waals surface area (Å²) in [5.74, 6) is -0.361. The summed E-state index contributed by atoms with van der Waals surface area (Å²) in [6.07, 6.45) is 1.22. The van der Waals surface area contributed by atoms with E-state index in [1.807, 2.05) is 31.2 Å². The van der Waals surface area contributed by atoms with E-state index < -0.39 is 11.4 Å². The number of amides is 1. The number of aromatic carboxylic acids is 1. The van der Waals surface area contributed by atoms with E-state index in [4.69, 9.17) is 14.3 Å². The van der Waals surface area contributed by atoms with Gasteiger partial charge in [-0.2, -0.15) is 0 Å². The summed E-state index contributed by atoms with van der Waals surface area (Å²) in [5, 5.41) is 12.0. The van der Waals surface area contributed by atoms with Crippen molar-refractivity contribution in [3.63, 3.8) is 0 Å². The summed E-state index contributed by atoms with van der Waals surface area (Å²) in [6.45, 7) is 4.83. The third-order valence-corrected chi connectivity index (χ3v) is 5.01. The summed E-state index contributed by atoms with van der Waals surface area (Å²) in [4.78, 5) is 24.2. The van der Waals surface area contributed by atoms with E-state index in [0.717, 1.165) is 11.1 Å². The molecule has 1 aromatic carbocycles. The first-order chi connectivity index (χ1) is 12.4. The lowest BCUT2D eigenvalue weighted by Crippen LogP contribution is -2.47. The molecule has 0 radical (unpaired) electrons. The molecule has 2 aromatic rings. The van der Waals surface area contributed by atoms with Crippen LogP contribution in [0.1, 0.15) is 45.8 Å². The Balaban J connectivity index is 1.79. The van der Waals surface area contributed by atoms with Crippen molar-refractivity contribution in [2.45, 2.75) is 38.6 Å². The van der Waals surface area contributed by atoms with E-state index in [1.54, 1.807) is 6.92 Å². The van der Waals surface area contributed by atoms with Crippen LogP contribution < -0.4 is 5.32 Å². The van der Waals surface area contributed by atoms with E-state index in [1.165, 1.54) is 6.07 Å². The first-order valence-electron chi connectivity index (χ1n) is 8.68. The minimum atomic E-state index is -1.04. The predicted octanol–water partition coefficient (Wildman–Crippen LogP) is 2.96. The van der Waals surface area contributed by atoms with Gasteiger partial charge < -0.3 is 19.6 Å². The Bertz CT molecular complexity index is 800. The highest BCUT2D eigenvalue weighted by molar-refractivity contribution is 5.89. The monoisotopic (exact) mass is 357 g/mol. The maximum absolute atomic E-state index is 13.1. The lowest BCUT2D eigenvalue weighted by atomic mass is 9.73. The molecule has 0 spiro atoms. The Morgan fingerprint density at radius 2 is 1.81 bits per heavy atom. The molecule has 138 valence electrons. The number of rotatable bonds is 5. The number of carboxylic acid groups (broad SMARTS) is 1. The number of benzene rings is 1. The van der Waals surface area contributed by atoms with Crippen LogP contribution in [0.3, 0.4) is 0 Å². The fourth-order valence-electron chi connectivity index (χ4n) is 3.42. The second-order valence-corrected chi connectivity index (χ2v) is 6.73. The SMILES string of the molecule is Cc1ccc(C2(C(=O)NCc3cc(C(=O)O)c(C)o3)CCOCC2)cc1. The van der Waals surface area contributed by atoms with Gasteiger partial charge >= 0.3 is 5.97 Å². The van der Waals surface area contributed by atoms with Crippen LogP contribution in [0, 0.1) is 13.8 Å². The van der Waals surface area contributed by atoms with Gasteiger partial charge in [0.05, 0.1) is 12.0 Å². The molecular formula is C20H23NO5. The van der Waals surface area contributed by atoms with Crippen LogP contribution in [0.5, 0.6) is 0 Å². The number of carbonyl (C=O) groups excluding carboxylic acids is 1. The molecule has 6 heteroatoms. The molecule has 1 saturated heterocycles. The van der Waals surface area contributed by atoms with Crippen molar-refractivity contribution in [3.8, 4) is 0 Å². The normalized spacial score (nSPS) is 16.2. The molecule has 1 aromatic heterocycles. The quantitative estimate of drug-likeness (QED) is 0.859. The van der Waals surface area contributed by atoms with E-state index in [-0.39, 0.29) is 18.0 Å². The molecule has 26 heavy (non-hydrogen) atoms.